The number of benzene rings is 2. The molecule has 1 saturated heterocycles. The van der Waals surface area contributed by atoms with Crippen molar-refractivity contribution in [2.75, 3.05) is 31.6 Å². The smallest absolute Gasteiger partial charge is 0.257 e. The Hall–Kier alpha value is -2.26. The molecule has 2 aromatic carbocycles. The fourth-order valence-electron chi connectivity index (χ4n) is 2.76. The highest BCUT2D eigenvalue weighted by Crippen LogP contribution is 2.24. The Morgan fingerprint density at radius 3 is 2.32 bits per heavy atom. The second kappa shape index (κ2) is 8.40. The Morgan fingerprint density at radius 2 is 1.71 bits per heavy atom. The molecule has 1 heterocycles. The number of hydrogen-bond donors (Lipinski definition) is 1. The number of carbonyl (C=O) groups is 2. The second-order valence-electron chi connectivity index (χ2n) is 6.25. The number of halogens is 1. The fraction of sp³-hybridized carbons (Fsp3) is 0.263. The van der Waals surface area contributed by atoms with Gasteiger partial charge in [-0.25, -0.2) is 8.42 Å². The van der Waals surface area contributed by atoms with Crippen LogP contribution in [-0.4, -0.2) is 50.7 Å². The van der Waals surface area contributed by atoms with Gasteiger partial charge in [-0.15, -0.1) is 0 Å². The summed E-state index contributed by atoms with van der Waals surface area (Å²) in [6.07, 6.45) is 0. The molecule has 1 amide bonds. The molecule has 1 aliphatic rings. The monoisotopic (exact) mass is 422 g/mol. The highest BCUT2D eigenvalue weighted by Gasteiger charge is 2.27. The Balaban J connectivity index is 1.84. The molecule has 2 aromatic rings. The first kappa shape index (κ1) is 20.5. The number of morpholine rings is 1. The van der Waals surface area contributed by atoms with E-state index in [0.717, 1.165) is 0 Å². The van der Waals surface area contributed by atoms with Gasteiger partial charge in [0.2, 0.25) is 10.0 Å². The van der Waals surface area contributed by atoms with Crippen molar-refractivity contribution in [2.45, 2.75) is 11.8 Å². The minimum Gasteiger partial charge on any atom is -0.379 e. The van der Waals surface area contributed by atoms with E-state index in [1.807, 2.05) is 0 Å². The molecular formula is C19H19ClN2O5S. The van der Waals surface area contributed by atoms with Crippen LogP contribution in [0.15, 0.2) is 47.4 Å². The zero-order chi connectivity index (χ0) is 20.3. The van der Waals surface area contributed by atoms with Gasteiger partial charge in [0.15, 0.2) is 5.78 Å². The van der Waals surface area contributed by atoms with Gasteiger partial charge in [-0.1, -0.05) is 11.6 Å². The average Bonchev–Trinajstić information content (AvgIpc) is 2.69. The summed E-state index contributed by atoms with van der Waals surface area (Å²) >= 11 is 6.13. The second-order valence-corrected chi connectivity index (χ2v) is 8.59. The van der Waals surface area contributed by atoms with Gasteiger partial charge in [0.05, 0.1) is 28.7 Å². The summed E-state index contributed by atoms with van der Waals surface area (Å²) in [4.78, 5) is 23.9. The maximum atomic E-state index is 12.8. The van der Waals surface area contributed by atoms with Crippen molar-refractivity contribution in [3.8, 4) is 0 Å². The molecule has 9 heteroatoms. The first-order chi connectivity index (χ1) is 13.3. The number of carbonyl (C=O) groups excluding carboxylic acids is 2. The predicted molar refractivity (Wildman–Crippen MR) is 105 cm³/mol. The number of anilines is 1. The normalized spacial score (nSPS) is 15.2. The topological polar surface area (TPSA) is 92.8 Å². The van der Waals surface area contributed by atoms with E-state index in [4.69, 9.17) is 16.3 Å². The quantitative estimate of drug-likeness (QED) is 0.748. The number of nitrogens with zero attached hydrogens (tertiary/aromatic N) is 1. The van der Waals surface area contributed by atoms with Crippen molar-refractivity contribution in [2.24, 2.45) is 0 Å². The largest absolute Gasteiger partial charge is 0.379 e. The lowest BCUT2D eigenvalue weighted by Gasteiger charge is -2.26. The summed E-state index contributed by atoms with van der Waals surface area (Å²) < 4.78 is 32.1. The highest BCUT2D eigenvalue weighted by molar-refractivity contribution is 7.89. The lowest BCUT2D eigenvalue weighted by atomic mass is 10.1. The predicted octanol–water partition coefficient (Wildman–Crippen LogP) is 2.82. The zero-order valence-corrected chi connectivity index (χ0v) is 16.7. The minimum atomic E-state index is -3.75. The third kappa shape index (κ3) is 4.41. The van der Waals surface area contributed by atoms with Crippen LogP contribution in [0.5, 0.6) is 0 Å². The summed E-state index contributed by atoms with van der Waals surface area (Å²) in [5.74, 6) is -0.624. The van der Waals surface area contributed by atoms with Crippen LogP contribution in [0.25, 0.3) is 0 Å². The van der Waals surface area contributed by atoms with Gasteiger partial charge in [0.1, 0.15) is 0 Å². The van der Waals surface area contributed by atoms with Crippen LogP contribution in [-0.2, 0) is 14.8 Å². The average molecular weight is 423 g/mol. The van der Waals surface area contributed by atoms with Crippen LogP contribution in [0.2, 0.25) is 5.02 Å². The van der Waals surface area contributed by atoms with Crippen molar-refractivity contribution in [1.82, 2.24) is 4.31 Å². The third-order valence-electron chi connectivity index (χ3n) is 4.34. The van der Waals surface area contributed by atoms with Gasteiger partial charge in [-0.3, -0.25) is 9.59 Å². The van der Waals surface area contributed by atoms with E-state index in [-0.39, 0.29) is 34.4 Å². The van der Waals surface area contributed by atoms with Gasteiger partial charge in [-0.05, 0) is 49.4 Å². The van der Waals surface area contributed by atoms with Gasteiger partial charge >= 0.3 is 0 Å². The molecule has 0 aromatic heterocycles. The van der Waals surface area contributed by atoms with E-state index < -0.39 is 15.9 Å². The van der Waals surface area contributed by atoms with Crippen LogP contribution in [0, 0.1) is 0 Å². The van der Waals surface area contributed by atoms with Gasteiger partial charge in [-0.2, -0.15) is 4.31 Å². The lowest BCUT2D eigenvalue weighted by Crippen LogP contribution is -2.40. The molecule has 3 rings (SSSR count). The van der Waals surface area contributed by atoms with Crippen LogP contribution < -0.4 is 5.32 Å². The van der Waals surface area contributed by atoms with E-state index in [1.165, 1.54) is 29.4 Å². The summed E-state index contributed by atoms with van der Waals surface area (Å²) in [6, 6.07) is 10.4. The molecular weight excluding hydrogens is 404 g/mol. The first-order valence-corrected chi connectivity index (χ1v) is 10.4. The van der Waals surface area contributed by atoms with Crippen LogP contribution in [0.4, 0.5) is 5.69 Å². The van der Waals surface area contributed by atoms with Crippen molar-refractivity contribution >= 4 is 39.0 Å². The van der Waals surface area contributed by atoms with Gasteiger partial charge in [0, 0.05) is 24.3 Å². The maximum absolute atomic E-state index is 12.8. The zero-order valence-electron chi connectivity index (χ0n) is 15.1. The summed E-state index contributed by atoms with van der Waals surface area (Å²) in [5.41, 5.74) is 1.04. The van der Waals surface area contributed by atoms with E-state index in [2.05, 4.69) is 5.32 Å². The number of nitrogens with one attached hydrogen (secondary N) is 1. The number of hydrogen-bond acceptors (Lipinski definition) is 5. The molecule has 0 atom stereocenters. The van der Waals surface area contributed by atoms with Crippen molar-refractivity contribution in [1.29, 1.82) is 0 Å². The maximum Gasteiger partial charge on any atom is 0.257 e. The number of Topliss-reactive ketones (excluding diaryl/α,β-unsaturated/α-hetero) is 1. The summed E-state index contributed by atoms with van der Waals surface area (Å²) in [5, 5.41) is 2.80. The number of sulfonamides is 1. The molecule has 0 spiro atoms. The van der Waals surface area contributed by atoms with Gasteiger partial charge < -0.3 is 10.1 Å². The van der Waals surface area contributed by atoms with Gasteiger partial charge in [0.25, 0.3) is 5.91 Å². The van der Waals surface area contributed by atoms with Crippen molar-refractivity contribution in [3.63, 3.8) is 0 Å². The first-order valence-electron chi connectivity index (χ1n) is 8.59. The summed E-state index contributed by atoms with van der Waals surface area (Å²) in [6.45, 7) is 2.63. The van der Waals surface area contributed by atoms with E-state index >= 15 is 0 Å². The minimum absolute atomic E-state index is 0.00382. The lowest BCUT2D eigenvalue weighted by molar-refractivity contribution is 0.0730. The fourth-order valence-corrected chi connectivity index (χ4v) is 4.40. The molecule has 28 heavy (non-hydrogen) atoms. The number of rotatable bonds is 5. The Bertz CT molecular complexity index is 999. The highest BCUT2D eigenvalue weighted by atomic mass is 35.5. The molecule has 1 aliphatic heterocycles. The number of ether oxygens (including phenoxy) is 1. The molecule has 148 valence electrons. The molecule has 0 unspecified atom stereocenters. The number of amides is 1. The molecule has 1 N–H and O–H groups in total. The third-order valence-corrected chi connectivity index (χ3v) is 6.56. The van der Waals surface area contributed by atoms with Crippen LogP contribution in [0.1, 0.15) is 27.6 Å². The van der Waals surface area contributed by atoms with E-state index in [1.54, 1.807) is 24.3 Å². The van der Waals surface area contributed by atoms with Crippen LogP contribution >= 0.6 is 11.6 Å². The molecule has 0 radical (unpaired) electrons. The number of ketones is 1. The molecule has 0 saturated carbocycles. The SMILES string of the molecule is CC(=O)c1ccc(NC(=O)c2cc(S(=O)(=O)N3CCOCC3)ccc2Cl)cc1. The van der Waals surface area contributed by atoms with E-state index in [0.29, 0.717) is 24.5 Å². The molecule has 1 fully saturated rings. The van der Waals surface area contributed by atoms with Crippen molar-refractivity contribution < 1.29 is 22.7 Å². The standard InChI is InChI=1S/C19H19ClN2O5S/c1-13(23)14-2-4-15(5-3-14)21-19(24)17-12-16(6-7-18(17)20)28(25,26)22-8-10-27-11-9-22/h2-7,12H,8-11H2,1H3,(H,21,24). The molecule has 0 aliphatic carbocycles. The Labute approximate surface area is 168 Å². The summed E-state index contributed by atoms with van der Waals surface area (Å²) in [7, 11) is -3.75. The Kier molecular flexibility index (Phi) is 6.14. The van der Waals surface area contributed by atoms with E-state index in [9.17, 15) is 18.0 Å². The Morgan fingerprint density at radius 1 is 1.07 bits per heavy atom. The van der Waals surface area contributed by atoms with Crippen LogP contribution in [0.3, 0.4) is 0 Å². The van der Waals surface area contributed by atoms with Crippen molar-refractivity contribution in [3.05, 3.63) is 58.6 Å². The molecule has 0 bridgehead atoms. The molecule has 7 nitrogen and oxygen atoms in total.